The summed E-state index contributed by atoms with van der Waals surface area (Å²) < 4.78 is 43.0. The highest BCUT2D eigenvalue weighted by molar-refractivity contribution is 6.30. The van der Waals surface area contributed by atoms with Gasteiger partial charge >= 0.3 is 12.1 Å². The van der Waals surface area contributed by atoms with Crippen LogP contribution in [0.3, 0.4) is 0 Å². The van der Waals surface area contributed by atoms with Gasteiger partial charge in [-0.1, -0.05) is 41.9 Å². The predicted octanol–water partition coefficient (Wildman–Crippen LogP) is 4.40. The molecule has 1 amide bonds. The summed E-state index contributed by atoms with van der Waals surface area (Å²) >= 11 is 5.87. The second kappa shape index (κ2) is 9.06. The molecule has 2 atom stereocenters. The number of fused-ring (bicyclic) bond motifs is 1. The maximum atomic E-state index is 13.1. The number of hydrogen-bond acceptors (Lipinski definition) is 4. The first-order valence-electron chi connectivity index (χ1n) is 9.35. The Morgan fingerprint density at radius 1 is 1.13 bits per heavy atom. The first kappa shape index (κ1) is 22.1. The molecule has 3 rings (SSSR count). The van der Waals surface area contributed by atoms with Crippen LogP contribution in [0.2, 0.25) is 5.02 Å². The summed E-state index contributed by atoms with van der Waals surface area (Å²) in [5.74, 6) is -3.19. The quantitative estimate of drug-likeness (QED) is 0.553. The smallest absolute Gasteiger partial charge is 0.430 e. The Labute approximate surface area is 176 Å². The molecule has 0 spiro atoms. The molecule has 0 saturated carbocycles. The molecule has 1 N–H and O–H groups in total. The molecule has 0 aliphatic carbocycles. The van der Waals surface area contributed by atoms with Gasteiger partial charge in [-0.25, -0.2) is 4.79 Å². The van der Waals surface area contributed by atoms with Gasteiger partial charge in [0, 0.05) is 23.3 Å². The number of carbonyl (C=O) groups excluding carboxylic acids is 2. The summed E-state index contributed by atoms with van der Waals surface area (Å²) in [6, 6.07) is 13.1. The van der Waals surface area contributed by atoms with Crippen LogP contribution in [0.1, 0.15) is 30.5 Å². The Balaban J connectivity index is 1.86. The number of rotatable bonds is 5. The molecule has 0 aromatic heterocycles. The highest BCUT2D eigenvalue weighted by atomic mass is 35.5. The molecule has 1 aliphatic heterocycles. The lowest BCUT2D eigenvalue weighted by Gasteiger charge is -2.33. The van der Waals surface area contributed by atoms with E-state index in [1.165, 1.54) is 4.90 Å². The number of anilines is 1. The molecule has 1 aliphatic rings. The van der Waals surface area contributed by atoms with Gasteiger partial charge in [0.25, 0.3) is 5.91 Å². The third-order valence-electron chi connectivity index (χ3n) is 4.83. The lowest BCUT2D eigenvalue weighted by atomic mass is 10.0. The average molecular weight is 441 g/mol. The van der Waals surface area contributed by atoms with E-state index in [9.17, 15) is 22.8 Å². The van der Waals surface area contributed by atoms with Gasteiger partial charge in [-0.05, 0) is 49.1 Å². The van der Waals surface area contributed by atoms with Crippen molar-refractivity contribution in [1.29, 1.82) is 0 Å². The molecule has 0 saturated heterocycles. The number of carbonyl (C=O) groups is 2. The van der Waals surface area contributed by atoms with Gasteiger partial charge < -0.3 is 9.64 Å². The summed E-state index contributed by atoms with van der Waals surface area (Å²) in [6.45, 7) is 1.96. The van der Waals surface area contributed by atoms with Gasteiger partial charge in [0.1, 0.15) is 0 Å². The topological polar surface area (TPSA) is 58.6 Å². The number of aryl methyl sites for hydroxylation is 1. The summed E-state index contributed by atoms with van der Waals surface area (Å²) in [6.07, 6.45) is -5.63. The van der Waals surface area contributed by atoms with Crippen molar-refractivity contribution in [3.05, 3.63) is 64.7 Å². The van der Waals surface area contributed by atoms with E-state index in [0.29, 0.717) is 29.2 Å². The molecule has 30 heavy (non-hydrogen) atoms. The average Bonchev–Trinajstić information content (AvgIpc) is 2.72. The van der Waals surface area contributed by atoms with E-state index < -0.39 is 30.3 Å². The first-order valence-corrected chi connectivity index (χ1v) is 9.73. The van der Waals surface area contributed by atoms with Gasteiger partial charge in [0.05, 0.1) is 0 Å². The van der Waals surface area contributed by atoms with Gasteiger partial charge in [-0.3, -0.25) is 10.1 Å². The molecule has 2 aromatic carbocycles. The maximum absolute atomic E-state index is 13.1. The third kappa shape index (κ3) is 5.12. The molecule has 9 heteroatoms. The van der Waals surface area contributed by atoms with Crippen molar-refractivity contribution >= 4 is 29.2 Å². The summed E-state index contributed by atoms with van der Waals surface area (Å²) in [7, 11) is 0. The molecule has 0 bridgehead atoms. The molecule has 0 radical (unpaired) electrons. The number of para-hydroxylation sites is 1. The Hall–Kier alpha value is -2.58. The molecular formula is C21H20ClF3N2O3. The fourth-order valence-electron chi connectivity index (χ4n) is 3.31. The monoisotopic (exact) mass is 440 g/mol. The molecule has 5 nitrogen and oxygen atoms in total. The zero-order valence-electron chi connectivity index (χ0n) is 16.1. The molecule has 1 heterocycles. The van der Waals surface area contributed by atoms with E-state index in [2.05, 4.69) is 10.1 Å². The summed E-state index contributed by atoms with van der Waals surface area (Å²) in [5.41, 5.74) is 2.17. The van der Waals surface area contributed by atoms with Crippen LogP contribution >= 0.6 is 11.6 Å². The van der Waals surface area contributed by atoms with Gasteiger partial charge in [-0.2, -0.15) is 13.2 Å². The van der Waals surface area contributed by atoms with E-state index >= 15 is 0 Å². The Kier molecular flexibility index (Phi) is 6.67. The molecule has 0 fully saturated rings. The minimum atomic E-state index is -5.22. The van der Waals surface area contributed by atoms with Crippen molar-refractivity contribution in [2.75, 3.05) is 11.4 Å². The Morgan fingerprint density at radius 2 is 1.80 bits per heavy atom. The molecule has 2 aromatic rings. The summed E-state index contributed by atoms with van der Waals surface area (Å²) in [4.78, 5) is 26.0. The van der Waals surface area contributed by atoms with Crippen LogP contribution < -0.4 is 10.2 Å². The second-order valence-electron chi connectivity index (χ2n) is 6.95. The van der Waals surface area contributed by atoms with Crippen LogP contribution in [0.5, 0.6) is 0 Å². The first-order chi connectivity index (χ1) is 14.2. The standard InChI is InChI=1S/C21H20ClF3N2O3/c1-13(14-8-10-16(22)11-9-14)26-18(30-20(29)21(23,24)25)19(28)27-12-4-6-15-5-2-3-7-17(15)27/h2-3,5,7-11,13,18,26H,4,6,12H2,1H3. The van der Waals surface area contributed by atoms with Crippen LogP contribution in [0.15, 0.2) is 48.5 Å². The van der Waals surface area contributed by atoms with Crippen molar-refractivity contribution in [2.24, 2.45) is 0 Å². The largest absolute Gasteiger partial charge is 0.490 e. The molecular weight excluding hydrogens is 421 g/mol. The van der Waals surface area contributed by atoms with Crippen LogP contribution in [0.4, 0.5) is 18.9 Å². The number of halogens is 4. The van der Waals surface area contributed by atoms with Crippen molar-refractivity contribution in [3.8, 4) is 0 Å². The maximum Gasteiger partial charge on any atom is 0.490 e. The number of esters is 1. The number of ether oxygens (including phenoxy) is 1. The fraction of sp³-hybridized carbons (Fsp3) is 0.333. The number of nitrogens with one attached hydrogen (secondary N) is 1. The molecule has 2 unspecified atom stereocenters. The number of nitrogens with zero attached hydrogens (tertiary/aromatic N) is 1. The van der Waals surface area contributed by atoms with E-state index in [-0.39, 0.29) is 0 Å². The second-order valence-corrected chi connectivity index (χ2v) is 7.38. The van der Waals surface area contributed by atoms with E-state index in [0.717, 1.165) is 12.0 Å². The van der Waals surface area contributed by atoms with Crippen molar-refractivity contribution in [1.82, 2.24) is 5.32 Å². The summed E-state index contributed by atoms with van der Waals surface area (Å²) in [5, 5.41) is 3.20. The highest BCUT2D eigenvalue weighted by Crippen LogP contribution is 2.28. The fourth-order valence-corrected chi connectivity index (χ4v) is 3.43. The predicted molar refractivity (Wildman–Crippen MR) is 106 cm³/mol. The SMILES string of the molecule is CC(NC(OC(=O)C(F)(F)F)C(=O)N1CCCc2ccccc21)c1ccc(Cl)cc1. The lowest BCUT2D eigenvalue weighted by Crippen LogP contribution is -2.52. The van der Waals surface area contributed by atoms with Crippen molar-refractivity contribution < 1.29 is 27.5 Å². The minimum Gasteiger partial charge on any atom is -0.430 e. The number of alkyl halides is 3. The molecule has 160 valence electrons. The van der Waals surface area contributed by atoms with Gasteiger partial charge in [-0.15, -0.1) is 0 Å². The van der Waals surface area contributed by atoms with Gasteiger partial charge in [0.2, 0.25) is 6.23 Å². The normalized spacial score (nSPS) is 15.8. The third-order valence-corrected chi connectivity index (χ3v) is 5.08. The lowest BCUT2D eigenvalue weighted by molar-refractivity contribution is -0.206. The number of hydrogen-bond donors (Lipinski definition) is 1. The number of benzene rings is 2. The number of amides is 1. The highest BCUT2D eigenvalue weighted by Gasteiger charge is 2.44. The van der Waals surface area contributed by atoms with Crippen molar-refractivity contribution in [2.45, 2.75) is 38.2 Å². The minimum absolute atomic E-state index is 0.312. The van der Waals surface area contributed by atoms with E-state index in [1.54, 1.807) is 43.3 Å². The van der Waals surface area contributed by atoms with Crippen LogP contribution in [0.25, 0.3) is 0 Å². The van der Waals surface area contributed by atoms with E-state index in [4.69, 9.17) is 11.6 Å². The van der Waals surface area contributed by atoms with Crippen LogP contribution in [0, 0.1) is 0 Å². The zero-order valence-corrected chi connectivity index (χ0v) is 16.8. The van der Waals surface area contributed by atoms with Crippen LogP contribution in [-0.4, -0.2) is 30.8 Å². The van der Waals surface area contributed by atoms with Crippen LogP contribution in [-0.2, 0) is 20.7 Å². The van der Waals surface area contributed by atoms with Gasteiger partial charge in [0.15, 0.2) is 0 Å². The Bertz CT molecular complexity index is 918. The van der Waals surface area contributed by atoms with Crippen molar-refractivity contribution in [3.63, 3.8) is 0 Å². The van der Waals surface area contributed by atoms with E-state index in [1.807, 2.05) is 12.1 Å². The Morgan fingerprint density at radius 3 is 2.47 bits per heavy atom. The zero-order chi connectivity index (χ0) is 21.9.